The number of rotatable bonds is 9. The van der Waals surface area contributed by atoms with Crippen LogP contribution in [0, 0.1) is 6.92 Å². The Balaban J connectivity index is 1.53. The molecule has 0 aliphatic heterocycles. The van der Waals surface area contributed by atoms with Crippen LogP contribution in [-0.2, 0) is 14.5 Å². The maximum atomic E-state index is 13.4. The Bertz CT molecular complexity index is 1360. The lowest BCUT2D eigenvalue weighted by molar-refractivity contribution is 0.0636. The highest BCUT2D eigenvalue weighted by Crippen LogP contribution is 2.28. The Morgan fingerprint density at radius 3 is 2.81 bits per heavy atom. The van der Waals surface area contributed by atoms with Crippen LogP contribution in [0.1, 0.15) is 53.1 Å². The van der Waals surface area contributed by atoms with E-state index in [0.717, 1.165) is 11.3 Å². The van der Waals surface area contributed by atoms with Crippen molar-refractivity contribution in [2.45, 2.75) is 51.0 Å². The molecule has 2 aromatic heterocycles. The van der Waals surface area contributed by atoms with Gasteiger partial charge in [-0.1, -0.05) is 23.7 Å². The molecule has 1 fully saturated rings. The zero-order valence-corrected chi connectivity index (χ0v) is 21.5. The molecular formula is C23H27ClN6O5S. The molecule has 0 bridgehead atoms. The molecule has 0 unspecified atom stereocenters. The van der Waals surface area contributed by atoms with Crippen LogP contribution in [0.3, 0.4) is 0 Å². The largest absolute Gasteiger partial charge is 0.390 e. The summed E-state index contributed by atoms with van der Waals surface area (Å²) in [7, 11) is -2.73. The molecule has 0 saturated heterocycles. The number of carbonyl (C=O) groups excluding carboxylic acids is 1. The molecule has 1 aromatic carbocycles. The third-order valence-corrected chi connectivity index (χ3v) is 7.36. The van der Waals surface area contributed by atoms with Gasteiger partial charge in [-0.2, -0.15) is 18.2 Å². The number of anilines is 1. The van der Waals surface area contributed by atoms with Gasteiger partial charge in [0.05, 0.1) is 17.7 Å². The van der Waals surface area contributed by atoms with Gasteiger partial charge in [0.2, 0.25) is 5.78 Å². The number of aryl methyl sites for hydroxylation is 1. The van der Waals surface area contributed by atoms with Crippen molar-refractivity contribution >= 4 is 33.5 Å². The van der Waals surface area contributed by atoms with Crippen molar-refractivity contribution in [3.05, 3.63) is 70.4 Å². The van der Waals surface area contributed by atoms with Crippen LogP contribution in [0.5, 0.6) is 0 Å². The van der Waals surface area contributed by atoms with Crippen LogP contribution < -0.4 is 10.0 Å². The molecule has 4 atom stereocenters. The Hall–Kier alpha value is -2.90. The van der Waals surface area contributed by atoms with E-state index in [0.29, 0.717) is 5.02 Å². The predicted octanol–water partition coefficient (Wildman–Crippen LogP) is 2.26. The van der Waals surface area contributed by atoms with Crippen molar-refractivity contribution in [3.8, 4) is 0 Å². The lowest BCUT2D eigenvalue weighted by atomic mass is 10.1. The fourth-order valence-corrected chi connectivity index (χ4v) is 5.08. The van der Waals surface area contributed by atoms with Gasteiger partial charge in [0, 0.05) is 30.0 Å². The highest BCUT2D eigenvalue weighted by Gasteiger charge is 2.37. The topological polar surface area (TPSA) is 148 Å². The first-order chi connectivity index (χ1) is 17.1. The number of aromatic nitrogens is 4. The van der Waals surface area contributed by atoms with Gasteiger partial charge in [0.25, 0.3) is 0 Å². The molecule has 0 amide bonds. The van der Waals surface area contributed by atoms with Gasteiger partial charge in [0.1, 0.15) is 23.9 Å². The van der Waals surface area contributed by atoms with Gasteiger partial charge in [-0.05, 0) is 50.5 Å². The van der Waals surface area contributed by atoms with Crippen LogP contribution >= 0.6 is 11.6 Å². The Morgan fingerprint density at radius 2 is 2.08 bits per heavy atom. The summed E-state index contributed by atoms with van der Waals surface area (Å²) in [6.07, 6.45) is 1.19. The van der Waals surface area contributed by atoms with Gasteiger partial charge >= 0.3 is 10.3 Å². The number of hydrogen-bond donors (Lipinski definition) is 3. The number of aliphatic hydroxyl groups excluding tert-OH is 1. The molecular weight excluding hydrogens is 508 g/mol. The molecule has 192 valence electrons. The smallest absolute Gasteiger partial charge is 0.335 e. The van der Waals surface area contributed by atoms with E-state index in [9.17, 15) is 18.3 Å². The summed E-state index contributed by atoms with van der Waals surface area (Å²) in [6, 6.07) is 8.64. The first-order valence-electron chi connectivity index (χ1n) is 11.3. The Kier molecular flexibility index (Phi) is 7.71. The van der Waals surface area contributed by atoms with Crippen molar-refractivity contribution in [2.75, 3.05) is 12.4 Å². The van der Waals surface area contributed by atoms with E-state index in [1.807, 2.05) is 32.0 Å². The number of benzene rings is 1. The average molecular weight is 535 g/mol. The molecule has 36 heavy (non-hydrogen) atoms. The van der Waals surface area contributed by atoms with E-state index < -0.39 is 22.5 Å². The van der Waals surface area contributed by atoms with Crippen molar-refractivity contribution in [1.82, 2.24) is 24.5 Å². The first-order valence-corrected chi connectivity index (χ1v) is 13.1. The molecule has 13 heteroatoms. The molecule has 3 N–H and O–H groups in total. The summed E-state index contributed by atoms with van der Waals surface area (Å²) < 4.78 is 32.2. The Labute approximate surface area is 214 Å². The highest BCUT2D eigenvalue weighted by molar-refractivity contribution is 7.84. The second-order valence-electron chi connectivity index (χ2n) is 8.63. The quantitative estimate of drug-likeness (QED) is 0.351. The van der Waals surface area contributed by atoms with Crippen molar-refractivity contribution < 1.29 is 22.5 Å². The molecule has 0 radical (unpaired) electrons. The van der Waals surface area contributed by atoms with Gasteiger partial charge in [-0.15, -0.1) is 0 Å². The SMILES string of the molecule is CNS(=O)(=O)O[C@@H]1C[C@H](Nc2ncncc2C(=O)c2cc(C)n([C@@H](C)c3cccc(Cl)c3)n2)C[C@@H]1O. The Morgan fingerprint density at radius 1 is 1.31 bits per heavy atom. The maximum Gasteiger partial charge on any atom is 0.335 e. The van der Waals surface area contributed by atoms with Crippen LogP contribution in [0.25, 0.3) is 0 Å². The number of hydrogen-bond acceptors (Lipinski definition) is 9. The van der Waals surface area contributed by atoms with E-state index in [4.69, 9.17) is 15.8 Å². The first kappa shape index (κ1) is 26.2. The minimum Gasteiger partial charge on any atom is -0.390 e. The number of aliphatic hydroxyl groups is 1. The average Bonchev–Trinajstić information content (AvgIpc) is 3.40. The lowest BCUT2D eigenvalue weighted by Gasteiger charge is -2.16. The van der Waals surface area contributed by atoms with Crippen molar-refractivity contribution in [1.29, 1.82) is 0 Å². The summed E-state index contributed by atoms with van der Waals surface area (Å²) in [5, 5.41) is 18.6. The summed E-state index contributed by atoms with van der Waals surface area (Å²) in [5.41, 5.74) is 2.18. The zero-order valence-electron chi connectivity index (χ0n) is 19.9. The van der Waals surface area contributed by atoms with Gasteiger partial charge in [-0.3, -0.25) is 13.7 Å². The van der Waals surface area contributed by atoms with Crippen LogP contribution in [-0.4, -0.2) is 64.4 Å². The van der Waals surface area contributed by atoms with Crippen LogP contribution in [0.4, 0.5) is 5.82 Å². The fourth-order valence-electron chi connectivity index (χ4n) is 4.25. The molecule has 1 aliphatic rings. The second kappa shape index (κ2) is 10.6. The summed E-state index contributed by atoms with van der Waals surface area (Å²) in [6.45, 7) is 3.83. The summed E-state index contributed by atoms with van der Waals surface area (Å²) in [5.74, 6) is -0.109. The predicted molar refractivity (Wildman–Crippen MR) is 133 cm³/mol. The van der Waals surface area contributed by atoms with Crippen LogP contribution in [0.2, 0.25) is 5.02 Å². The van der Waals surface area contributed by atoms with E-state index in [-0.39, 0.29) is 47.8 Å². The number of halogens is 1. The minimum absolute atomic E-state index is 0.152. The second-order valence-corrected chi connectivity index (χ2v) is 10.6. The summed E-state index contributed by atoms with van der Waals surface area (Å²) in [4.78, 5) is 21.6. The number of ketones is 1. The van der Waals surface area contributed by atoms with Crippen molar-refractivity contribution in [3.63, 3.8) is 0 Å². The van der Waals surface area contributed by atoms with Gasteiger partial charge in [-0.25, -0.2) is 9.97 Å². The highest BCUT2D eigenvalue weighted by atomic mass is 35.5. The maximum absolute atomic E-state index is 13.4. The third kappa shape index (κ3) is 5.73. The number of nitrogens with one attached hydrogen (secondary N) is 2. The third-order valence-electron chi connectivity index (χ3n) is 6.12. The van der Waals surface area contributed by atoms with Crippen molar-refractivity contribution in [2.24, 2.45) is 0 Å². The van der Waals surface area contributed by atoms with E-state index in [2.05, 4.69) is 25.1 Å². The molecule has 1 aliphatic carbocycles. The lowest BCUT2D eigenvalue weighted by Crippen LogP contribution is -2.31. The standard InChI is InChI=1S/C23H27ClN6O5S/c1-13-7-19(29-30(13)14(2)15-5-4-6-16(24)8-15)22(32)18-11-26-12-27-23(18)28-17-9-20(31)21(10-17)35-36(33,34)25-3/h4-8,11-12,14,17,20-21,25,31H,9-10H2,1-3H3,(H,26,27,28)/t14-,17+,20-,21+/m0/s1. The van der Waals surface area contributed by atoms with Gasteiger partial charge in [0.15, 0.2) is 0 Å². The molecule has 4 rings (SSSR count). The van der Waals surface area contributed by atoms with E-state index in [1.165, 1.54) is 19.6 Å². The van der Waals surface area contributed by atoms with Crippen LogP contribution in [0.15, 0.2) is 42.9 Å². The normalized spacial score (nSPS) is 20.9. The number of nitrogens with zero attached hydrogens (tertiary/aromatic N) is 4. The molecule has 0 spiro atoms. The molecule has 3 aromatic rings. The molecule has 1 saturated carbocycles. The molecule has 11 nitrogen and oxygen atoms in total. The molecule has 2 heterocycles. The van der Waals surface area contributed by atoms with E-state index in [1.54, 1.807) is 16.8 Å². The zero-order chi connectivity index (χ0) is 26.0. The summed E-state index contributed by atoms with van der Waals surface area (Å²) >= 11 is 6.13. The van der Waals surface area contributed by atoms with E-state index >= 15 is 0 Å². The minimum atomic E-state index is -3.96. The monoisotopic (exact) mass is 534 g/mol. The van der Waals surface area contributed by atoms with Gasteiger partial charge < -0.3 is 10.4 Å². The number of carbonyl (C=O) groups is 1. The fraction of sp³-hybridized carbons (Fsp3) is 0.391.